The van der Waals surface area contributed by atoms with E-state index in [9.17, 15) is 4.79 Å². The lowest BCUT2D eigenvalue weighted by atomic mass is 10.0. The number of hydrogen-bond donors (Lipinski definition) is 3. The highest BCUT2D eigenvalue weighted by Crippen LogP contribution is 2.34. The van der Waals surface area contributed by atoms with Gasteiger partial charge < -0.3 is 21.4 Å². The first-order chi connectivity index (χ1) is 14.0. The molecule has 0 radical (unpaired) electrons. The number of hydrogen-bond acceptors (Lipinski definition) is 4. The van der Waals surface area contributed by atoms with Gasteiger partial charge in [-0.3, -0.25) is 4.79 Å². The number of fused-ring (bicyclic) bond motifs is 4. The highest BCUT2D eigenvalue weighted by molar-refractivity contribution is 6.13. The number of anilines is 1. The largest absolute Gasteiger partial charge is 0.330 e. The van der Waals surface area contributed by atoms with Crippen LogP contribution in [0.2, 0.25) is 0 Å². The fraction of sp³-hybridized carbons (Fsp3) is 0.304. The Morgan fingerprint density at radius 3 is 2.76 bits per heavy atom. The molecule has 2 aromatic carbocycles. The van der Waals surface area contributed by atoms with Gasteiger partial charge in [-0.05, 0) is 56.1 Å². The molecule has 5 N–H and O–H groups in total. The third kappa shape index (κ3) is 3.45. The maximum atomic E-state index is 12.5. The molecule has 4 aromatic rings. The summed E-state index contributed by atoms with van der Waals surface area (Å²) in [5.74, 6) is -0.165. The van der Waals surface area contributed by atoms with Crippen molar-refractivity contribution in [2.24, 2.45) is 18.5 Å². The van der Waals surface area contributed by atoms with Crippen molar-refractivity contribution in [3.8, 4) is 0 Å². The van der Waals surface area contributed by atoms with Gasteiger partial charge in [-0.1, -0.05) is 24.6 Å². The van der Waals surface area contributed by atoms with Crippen molar-refractivity contribution < 1.29 is 4.79 Å². The van der Waals surface area contributed by atoms with Gasteiger partial charge in [-0.2, -0.15) is 0 Å². The van der Waals surface area contributed by atoms with Crippen LogP contribution in [0.5, 0.6) is 0 Å². The van der Waals surface area contributed by atoms with Gasteiger partial charge in [0.15, 0.2) is 0 Å². The number of para-hydroxylation sites is 1. The molecular formula is C23H27N5O. The molecule has 0 saturated heterocycles. The maximum absolute atomic E-state index is 12.5. The van der Waals surface area contributed by atoms with E-state index in [4.69, 9.17) is 16.5 Å². The number of pyridine rings is 1. The van der Waals surface area contributed by atoms with Gasteiger partial charge in [-0.25, -0.2) is 4.98 Å². The molecule has 0 aliphatic carbocycles. The fourth-order valence-electron chi connectivity index (χ4n) is 4.02. The first-order valence-corrected chi connectivity index (χ1v) is 10.0. The molecule has 4 rings (SSSR count). The number of rotatable bonds is 6. The summed E-state index contributed by atoms with van der Waals surface area (Å²) < 4.78 is 2.11. The minimum atomic E-state index is -0.530. The molecule has 1 atom stereocenters. The van der Waals surface area contributed by atoms with E-state index in [0.717, 1.165) is 51.4 Å². The number of carbonyl (C=O) groups is 1. The molecule has 2 heterocycles. The summed E-state index contributed by atoms with van der Waals surface area (Å²) in [4.78, 5) is 17.3. The average Bonchev–Trinajstić information content (AvgIpc) is 3.00. The molecule has 1 amide bonds. The van der Waals surface area contributed by atoms with Crippen molar-refractivity contribution >= 4 is 44.4 Å². The summed E-state index contributed by atoms with van der Waals surface area (Å²) in [6.07, 6.45) is 2.36. The minimum absolute atomic E-state index is 0.165. The summed E-state index contributed by atoms with van der Waals surface area (Å²) in [5, 5.41) is 6.30. The smallest absolute Gasteiger partial charge is 0.241 e. The molecule has 150 valence electrons. The van der Waals surface area contributed by atoms with Crippen LogP contribution in [0.1, 0.15) is 24.8 Å². The quantitative estimate of drug-likeness (QED) is 0.439. The Hall–Kier alpha value is -2.96. The summed E-state index contributed by atoms with van der Waals surface area (Å²) in [6.45, 7) is 2.75. The Labute approximate surface area is 169 Å². The van der Waals surface area contributed by atoms with E-state index in [1.165, 1.54) is 5.56 Å². The molecule has 0 aliphatic rings. The molecule has 6 heteroatoms. The Kier molecular flexibility index (Phi) is 5.22. The van der Waals surface area contributed by atoms with Crippen LogP contribution in [0.4, 0.5) is 5.69 Å². The molecule has 0 bridgehead atoms. The van der Waals surface area contributed by atoms with Crippen molar-refractivity contribution in [1.82, 2.24) is 9.55 Å². The monoisotopic (exact) mass is 389 g/mol. The lowest BCUT2D eigenvalue weighted by Crippen LogP contribution is -2.35. The molecule has 0 fully saturated rings. The van der Waals surface area contributed by atoms with E-state index in [1.54, 1.807) is 0 Å². The number of carbonyl (C=O) groups excluding carboxylic acids is 1. The van der Waals surface area contributed by atoms with Crippen LogP contribution in [0, 0.1) is 6.92 Å². The fourth-order valence-corrected chi connectivity index (χ4v) is 4.02. The Balaban J connectivity index is 1.74. The zero-order valence-electron chi connectivity index (χ0n) is 16.9. The van der Waals surface area contributed by atoms with Gasteiger partial charge in [0.2, 0.25) is 5.91 Å². The van der Waals surface area contributed by atoms with Gasteiger partial charge in [0.25, 0.3) is 0 Å². The zero-order chi connectivity index (χ0) is 20.5. The lowest BCUT2D eigenvalue weighted by molar-refractivity contribution is -0.117. The summed E-state index contributed by atoms with van der Waals surface area (Å²) in [6, 6.07) is 13.6. The SMILES string of the molecule is Cc1c2ccccc2nc2c1c1cc(NC(=O)[C@@H](N)CCCCN)ccc1n2C. The van der Waals surface area contributed by atoms with E-state index in [-0.39, 0.29) is 5.91 Å². The Bertz CT molecular complexity index is 1210. The summed E-state index contributed by atoms with van der Waals surface area (Å²) in [7, 11) is 2.03. The van der Waals surface area contributed by atoms with E-state index in [2.05, 4.69) is 22.9 Å². The molecule has 6 nitrogen and oxygen atoms in total. The van der Waals surface area contributed by atoms with Gasteiger partial charge in [-0.15, -0.1) is 0 Å². The van der Waals surface area contributed by atoms with Crippen LogP contribution >= 0.6 is 0 Å². The Morgan fingerprint density at radius 1 is 1.17 bits per heavy atom. The van der Waals surface area contributed by atoms with Gasteiger partial charge in [0, 0.05) is 28.9 Å². The number of benzene rings is 2. The molecule has 0 aliphatic heterocycles. The van der Waals surface area contributed by atoms with Crippen LogP contribution in [0.25, 0.3) is 32.8 Å². The maximum Gasteiger partial charge on any atom is 0.241 e. The average molecular weight is 390 g/mol. The number of nitrogens with zero attached hydrogens (tertiary/aromatic N) is 2. The number of nitrogens with one attached hydrogen (secondary N) is 1. The number of amides is 1. The number of aromatic nitrogens is 2. The Morgan fingerprint density at radius 2 is 1.97 bits per heavy atom. The zero-order valence-corrected chi connectivity index (χ0v) is 16.9. The molecular weight excluding hydrogens is 362 g/mol. The van der Waals surface area contributed by atoms with Crippen LogP contribution < -0.4 is 16.8 Å². The molecule has 29 heavy (non-hydrogen) atoms. The van der Waals surface area contributed by atoms with Crippen LogP contribution in [0.15, 0.2) is 42.5 Å². The lowest BCUT2D eigenvalue weighted by Gasteiger charge is -2.12. The van der Waals surface area contributed by atoms with Crippen molar-refractivity contribution in [2.75, 3.05) is 11.9 Å². The standard InChI is InChI=1S/C23H27N5O/c1-14-16-7-3-4-9-19(16)27-22-21(14)17-13-15(10-11-20(17)28(22)2)26-23(29)18(25)8-5-6-12-24/h3-4,7,9-11,13,18H,5-6,8,12,24-25H2,1-2H3,(H,26,29)/t18-/m0/s1. The topological polar surface area (TPSA) is 99.0 Å². The predicted octanol–water partition coefficient (Wildman–Crippen LogP) is 3.58. The summed E-state index contributed by atoms with van der Waals surface area (Å²) >= 11 is 0. The molecule has 0 unspecified atom stereocenters. The predicted molar refractivity (Wildman–Crippen MR) is 120 cm³/mol. The number of nitrogens with two attached hydrogens (primary N) is 2. The van der Waals surface area contributed by atoms with E-state index in [1.807, 2.05) is 43.4 Å². The first-order valence-electron chi connectivity index (χ1n) is 10.0. The van der Waals surface area contributed by atoms with Crippen molar-refractivity contribution in [3.05, 3.63) is 48.0 Å². The van der Waals surface area contributed by atoms with Crippen LogP contribution in [-0.4, -0.2) is 28.0 Å². The normalized spacial score (nSPS) is 12.7. The van der Waals surface area contributed by atoms with Crippen LogP contribution in [-0.2, 0) is 11.8 Å². The highest BCUT2D eigenvalue weighted by atomic mass is 16.2. The molecule has 2 aromatic heterocycles. The first kappa shape index (κ1) is 19.4. The highest BCUT2D eigenvalue weighted by Gasteiger charge is 2.17. The second kappa shape index (κ2) is 7.81. The van der Waals surface area contributed by atoms with Gasteiger partial charge >= 0.3 is 0 Å². The second-order valence-corrected chi connectivity index (χ2v) is 7.62. The van der Waals surface area contributed by atoms with Crippen molar-refractivity contribution in [1.29, 1.82) is 0 Å². The minimum Gasteiger partial charge on any atom is -0.330 e. The van der Waals surface area contributed by atoms with E-state index >= 15 is 0 Å². The second-order valence-electron chi connectivity index (χ2n) is 7.62. The van der Waals surface area contributed by atoms with Gasteiger partial charge in [0.1, 0.15) is 5.65 Å². The molecule has 0 spiro atoms. The van der Waals surface area contributed by atoms with E-state index < -0.39 is 6.04 Å². The number of aryl methyl sites for hydroxylation is 2. The van der Waals surface area contributed by atoms with Crippen molar-refractivity contribution in [2.45, 2.75) is 32.2 Å². The third-order valence-corrected chi connectivity index (χ3v) is 5.65. The molecule has 0 saturated carbocycles. The summed E-state index contributed by atoms with van der Waals surface area (Å²) in [5.41, 5.74) is 16.5. The van der Waals surface area contributed by atoms with Crippen molar-refractivity contribution in [3.63, 3.8) is 0 Å². The number of unbranched alkanes of at least 4 members (excludes halogenated alkanes) is 1. The van der Waals surface area contributed by atoms with E-state index in [0.29, 0.717) is 13.0 Å². The van der Waals surface area contributed by atoms with Gasteiger partial charge in [0.05, 0.1) is 17.1 Å². The van der Waals surface area contributed by atoms with Crippen LogP contribution in [0.3, 0.4) is 0 Å². The third-order valence-electron chi connectivity index (χ3n) is 5.65.